The maximum absolute atomic E-state index is 11.0. The van der Waals surface area contributed by atoms with Gasteiger partial charge in [0.15, 0.2) is 0 Å². The van der Waals surface area contributed by atoms with Gasteiger partial charge in [0, 0.05) is 6.42 Å². The highest BCUT2D eigenvalue weighted by molar-refractivity contribution is 5.69. The zero-order chi connectivity index (χ0) is 10.4. The van der Waals surface area contributed by atoms with Crippen LogP contribution in [0.2, 0.25) is 0 Å². The number of carbonyl (C=O) groups excluding carboxylic acids is 1. The molecule has 2 N–H and O–H groups in total. The van der Waals surface area contributed by atoms with E-state index in [2.05, 4.69) is 4.74 Å². The third kappa shape index (κ3) is 2.98. The van der Waals surface area contributed by atoms with Crippen molar-refractivity contribution in [3.8, 4) is 0 Å². The third-order valence-corrected chi connectivity index (χ3v) is 3.43. The number of ether oxygens (including phenoxy) is 1. The molecular weight excluding hydrogens is 178 g/mol. The van der Waals surface area contributed by atoms with E-state index in [1.807, 2.05) is 0 Å². The smallest absolute Gasteiger partial charge is 0.305 e. The monoisotopic (exact) mass is 199 g/mol. The molecule has 0 aromatic rings. The van der Waals surface area contributed by atoms with Crippen molar-refractivity contribution in [2.45, 2.75) is 44.9 Å². The van der Waals surface area contributed by atoms with Crippen molar-refractivity contribution in [2.24, 2.45) is 11.1 Å². The van der Waals surface area contributed by atoms with Gasteiger partial charge in [0.2, 0.25) is 0 Å². The van der Waals surface area contributed by atoms with Crippen molar-refractivity contribution in [1.82, 2.24) is 0 Å². The van der Waals surface area contributed by atoms with Crippen LogP contribution in [-0.2, 0) is 9.53 Å². The van der Waals surface area contributed by atoms with Crippen LogP contribution in [0, 0.1) is 5.41 Å². The van der Waals surface area contributed by atoms with E-state index in [1.165, 1.54) is 39.2 Å². The maximum Gasteiger partial charge on any atom is 0.305 e. The fourth-order valence-corrected chi connectivity index (χ4v) is 2.33. The van der Waals surface area contributed by atoms with Gasteiger partial charge in [-0.05, 0) is 31.2 Å². The molecule has 0 aromatic carbocycles. The van der Waals surface area contributed by atoms with Crippen molar-refractivity contribution in [3.05, 3.63) is 0 Å². The fourth-order valence-electron chi connectivity index (χ4n) is 2.33. The molecule has 3 heteroatoms. The van der Waals surface area contributed by atoms with Crippen LogP contribution in [0.25, 0.3) is 0 Å². The van der Waals surface area contributed by atoms with Crippen LogP contribution < -0.4 is 5.73 Å². The first-order valence-electron chi connectivity index (χ1n) is 5.49. The van der Waals surface area contributed by atoms with Crippen molar-refractivity contribution in [2.75, 3.05) is 13.7 Å². The standard InChI is InChI=1S/C11H21NO2/c1-14-10(13)5-8-11(9-12)6-3-2-4-7-11/h2-9,12H2,1H3. The second kappa shape index (κ2) is 5.35. The normalized spacial score (nSPS) is 20.4. The van der Waals surface area contributed by atoms with Gasteiger partial charge in [0.25, 0.3) is 0 Å². The summed E-state index contributed by atoms with van der Waals surface area (Å²) in [4.78, 5) is 11.0. The van der Waals surface area contributed by atoms with Gasteiger partial charge < -0.3 is 10.5 Å². The van der Waals surface area contributed by atoms with Gasteiger partial charge in [0.05, 0.1) is 7.11 Å². The van der Waals surface area contributed by atoms with Crippen molar-refractivity contribution < 1.29 is 9.53 Å². The molecule has 0 saturated heterocycles. The molecule has 1 rings (SSSR count). The number of hydrogen-bond donors (Lipinski definition) is 1. The topological polar surface area (TPSA) is 52.3 Å². The Bertz CT molecular complexity index is 186. The van der Waals surface area contributed by atoms with Crippen LogP contribution in [-0.4, -0.2) is 19.6 Å². The SMILES string of the molecule is COC(=O)CCC1(CN)CCCCC1. The molecule has 0 atom stereocenters. The first-order valence-corrected chi connectivity index (χ1v) is 5.49. The van der Waals surface area contributed by atoms with Gasteiger partial charge >= 0.3 is 5.97 Å². The largest absolute Gasteiger partial charge is 0.469 e. The van der Waals surface area contributed by atoms with Crippen LogP contribution in [0.5, 0.6) is 0 Å². The average molecular weight is 199 g/mol. The van der Waals surface area contributed by atoms with E-state index >= 15 is 0 Å². The Kier molecular flexibility index (Phi) is 4.39. The minimum Gasteiger partial charge on any atom is -0.469 e. The highest BCUT2D eigenvalue weighted by Gasteiger charge is 2.30. The van der Waals surface area contributed by atoms with Crippen LogP contribution >= 0.6 is 0 Å². The molecule has 0 aromatic heterocycles. The van der Waals surface area contributed by atoms with Crippen LogP contribution in [0.15, 0.2) is 0 Å². The Morgan fingerprint density at radius 3 is 2.50 bits per heavy atom. The molecule has 1 fully saturated rings. The molecule has 0 aliphatic heterocycles. The van der Waals surface area contributed by atoms with Crippen molar-refractivity contribution >= 4 is 5.97 Å². The number of hydrogen-bond acceptors (Lipinski definition) is 3. The number of methoxy groups -OCH3 is 1. The summed E-state index contributed by atoms with van der Waals surface area (Å²) in [6, 6.07) is 0. The first kappa shape index (κ1) is 11.5. The molecule has 1 saturated carbocycles. The molecule has 3 nitrogen and oxygen atoms in total. The lowest BCUT2D eigenvalue weighted by atomic mass is 9.71. The van der Waals surface area contributed by atoms with Crippen LogP contribution in [0.4, 0.5) is 0 Å². The van der Waals surface area contributed by atoms with E-state index in [1.54, 1.807) is 0 Å². The Morgan fingerprint density at radius 2 is 2.00 bits per heavy atom. The summed E-state index contributed by atoms with van der Waals surface area (Å²) >= 11 is 0. The number of rotatable bonds is 4. The second-order valence-corrected chi connectivity index (χ2v) is 4.34. The molecule has 1 aliphatic rings. The lowest BCUT2D eigenvalue weighted by molar-refractivity contribution is -0.141. The molecule has 1 aliphatic carbocycles. The fraction of sp³-hybridized carbons (Fsp3) is 0.909. The summed E-state index contributed by atoms with van der Waals surface area (Å²) in [7, 11) is 1.44. The minimum atomic E-state index is -0.108. The van der Waals surface area contributed by atoms with Gasteiger partial charge in [-0.1, -0.05) is 19.3 Å². The summed E-state index contributed by atoms with van der Waals surface area (Å²) in [6.45, 7) is 0.712. The molecule has 0 heterocycles. The summed E-state index contributed by atoms with van der Waals surface area (Å²) in [5.74, 6) is -0.108. The van der Waals surface area contributed by atoms with Crippen LogP contribution in [0.1, 0.15) is 44.9 Å². The predicted molar refractivity (Wildman–Crippen MR) is 55.8 cm³/mol. The third-order valence-electron chi connectivity index (χ3n) is 3.43. The number of carbonyl (C=O) groups is 1. The molecule has 0 amide bonds. The van der Waals surface area contributed by atoms with E-state index in [9.17, 15) is 4.79 Å². The summed E-state index contributed by atoms with van der Waals surface area (Å²) < 4.78 is 4.65. The minimum absolute atomic E-state index is 0.108. The molecule has 0 spiro atoms. The molecular formula is C11H21NO2. The van der Waals surface area contributed by atoms with E-state index < -0.39 is 0 Å². The molecule has 14 heavy (non-hydrogen) atoms. The zero-order valence-electron chi connectivity index (χ0n) is 9.05. The Morgan fingerprint density at radius 1 is 1.36 bits per heavy atom. The second-order valence-electron chi connectivity index (χ2n) is 4.34. The van der Waals surface area contributed by atoms with Gasteiger partial charge in [0.1, 0.15) is 0 Å². The van der Waals surface area contributed by atoms with Gasteiger partial charge in [-0.3, -0.25) is 4.79 Å². The van der Waals surface area contributed by atoms with Gasteiger partial charge in [-0.15, -0.1) is 0 Å². The Labute approximate surface area is 86.0 Å². The highest BCUT2D eigenvalue weighted by atomic mass is 16.5. The van der Waals surface area contributed by atoms with Gasteiger partial charge in [-0.25, -0.2) is 0 Å². The lowest BCUT2D eigenvalue weighted by Crippen LogP contribution is -2.33. The van der Waals surface area contributed by atoms with E-state index in [4.69, 9.17) is 5.73 Å². The number of nitrogens with two attached hydrogens (primary N) is 1. The Balaban J connectivity index is 2.39. The highest BCUT2D eigenvalue weighted by Crippen LogP contribution is 2.39. The molecule has 82 valence electrons. The van der Waals surface area contributed by atoms with Crippen molar-refractivity contribution in [1.29, 1.82) is 0 Å². The summed E-state index contributed by atoms with van der Waals surface area (Å²) in [5, 5.41) is 0. The molecule has 0 unspecified atom stereocenters. The summed E-state index contributed by atoms with van der Waals surface area (Å²) in [5.41, 5.74) is 6.04. The average Bonchev–Trinajstić information content (AvgIpc) is 2.27. The lowest BCUT2D eigenvalue weighted by Gasteiger charge is -2.36. The van der Waals surface area contributed by atoms with E-state index in [0.717, 1.165) is 6.42 Å². The maximum atomic E-state index is 11.0. The Hall–Kier alpha value is -0.570. The van der Waals surface area contributed by atoms with E-state index in [-0.39, 0.29) is 11.4 Å². The summed E-state index contributed by atoms with van der Waals surface area (Å²) in [6.07, 6.45) is 7.63. The molecule has 0 radical (unpaired) electrons. The van der Waals surface area contributed by atoms with E-state index in [0.29, 0.717) is 13.0 Å². The quantitative estimate of drug-likeness (QED) is 0.703. The predicted octanol–water partition coefficient (Wildman–Crippen LogP) is 1.85. The van der Waals surface area contributed by atoms with Crippen LogP contribution in [0.3, 0.4) is 0 Å². The number of esters is 1. The van der Waals surface area contributed by atoms with Crippen molar-refractivity contribution in [3.63, 3.8) is 0 Å². The molecule has 0 bridgehead atoms. The van der Waals surface area contributed by atoms with Gasteiger partial charge in [-0.2, -0.15) is 0 Å². The first-order chi connectivity index (χ1) is 6.72. The zero-order valence-corrected chi connectivity index (χ0v) is 9.05.